The van der Waals surface area contributed by atoms with Gasteiger partial charge in [-0.2, -0.15) is 0 Å². The van der Waals surface area contributed by atoms with Crippen LogP contribution in [-0.2, 0) is 0 Å². The molecule has 5 nitrogen and oxygen atoms in total. The largest absolute Gasteiger partial charge is 0.465 e. The van der Waals surface area contributed by atoms with Crippen molar-refractivity contribution in [3.05, 3.63) is 23.8 Å². The summed E-state index contributed by atoms with van der Waals surface area (Å²) in [5, 5.41) is 9.12. The zero-order valence-corrected chi connectivity index (χ0v) is 11.7. The monoisotopic (exact) mass is 275 g/mol. The zero-order valence-electron chi connectivity index (χ0n) is 11.7. The van der Waals surface area contributed by atoms with Crippen molar-refractivity contribution in [1.82, 2.24) is 4.90 Å². The first kappa shape index (κ1) is 13.1. The van der Waals surface area contributed by atoms with Gasteiger partial charge in [0.25, 0.3) is 0 Å². The molecule has 1 aliphatic carbocycles. The fraction of sp³-hybridized carbons (Fsp3) is 0.533. The molecule has 0 aromatic heterocycles. The van der Waals surface area contributed by atoms with Crippen LogP contribution in [0.3, 0.4) is 0 Å². The van der Waals surface area contributed by atoms with Gasteiger partial charge in [0.15, 0.2) is 0 Å². The second-order valence-corrected chi connectivity index (χ2v) is 5.86. The molecule has 0 radical (unpaired) electrons. The van der Waals surface area contributed by atoms with Crippen molar-refractivity contribution in [3.63, 3.8) is 0 Å². The molecule has 1 aliphatic heterocycles. The summed E-state index contributed by atoms with van der Waals surface area (Å²) in [5.74, 6) is 0.632. The third kappa shape index (κ3) is 2.40. The Morgan fingerprint density at radius 2 is 2.10 bits per heavy atom. The normalized spacial score (nSPS) is 22.9. The molecule has 2 fully saturated rings. The van der Waals surface area contributed by atoms with Crippen LogP contribution in [0.4, 0.5) is 16.2 Å². The van der Waals surface area contributed by atoms with Gasteiger partial charge in [-0.25, -0.2) is 4.79 Å². The number of carbonyl (C=O) groups is 1. The van der Waals surface area contributed by atoms with E-state index in [1.54, 1.807) is 0 Å². The molecule has 1 aromatic rings. The lowest BCUT2D eigenvalue weighted by atomic mass is 10.1. The van der Waals surface area contributed by atoms with Gasteiger partial charge < -0.3 is 20.6 Å². The van der Waals surface area contributed by atoms with E-state index in [1.165, 1.54) is 23.3 Å². The molecule has 2 aliphatic rings. The Morgan fingerprint density at radius 1 is 1.35 bits per heavy atom. The topological polar surface area (TPSA) is 69.8 Å². The number of hydrogen-bond acceptors (Lipinski definition) is 3. The highest BCUT2D eigenvalue weighted by atomic mass is 16.4. The summed E-state index contributed by atoms with van der Waals surface area (Å²) in [7, 11) is 0. The highest BCUT2D eigenvalue weighted by Crippen LogP contribution is 2.44. The molecule has 1 saturated heterocycles. The summed E-state index contributed by atoms with van der Waals surface area (Å²) in [5.41, 5.74) is 9.35. The number of amides is 1. The van der Waals surface area contributed by atoms with Crippen LogP contribution in [0.25, 0.3) is 0 Å². The highest BCUT2D eigenvalue weighted by molar-refractivity contribution is 5.66. The van der Waals surface area contributed by atoms with Crippen LogP contribution in [0.15, 0.2) is 18.2 Å². The Bertz CT molecular complexity index is 528. The number of carboxylic acid groups (broad SMARTS) is 1. The second-order valence-electron chi connectivity index (χ2n) is 5.86. The molecule has 1 unspecified atom stereocenters. The van der Waals surface area contributed by atoms with Crippen LogP contribution >= 0.6 is 0 Å². The van der Waals surface area contributed by atoms with Gasteiger partial charge in [-0.15, -0.1) is 0 Å². The third-order valence-electron chi connectivity index (χ3n) is 4.33. The number of hydrogen-bond donors (Lipinski definition) is 2. The first-order valence-corrected chi connectivity index (χ1v) is 7.20. The number of rotatable bonds is 2. The molecule has 3 rings (SSSR count). The minimum atomic E-state index is -0.826. The summed E-state index contributed by atoms with van der Waals surface area (Å²) in [4.78, 5) is 14.9. The van der Waals surface area contributed by atoms with E-state index in [-0.39, 0.29) is 6.04 Å². The molecule has 0 bridgehead atoms. The Morgan fingerprint density at radius 3 is 2.70 bits per heavy atom. The predicted octanol–water partition coefficient (Wildman–Crippen LogP) is 2.33. The molecule has 3 N–H and O–H groups in total. The smallest absolute Gasteiger partial charge is 0.407 e. The first-order valence-electron chi connectivity index (χ1n) is 7.20. The van der Waals surface area contributed by atoms with Crippen molar-refractivity contribution >= 4 is 17.5 Å². The van der Waals surface area contributed by atoms with E-state index in [0.717, 1.165) is 24.5 Å². The van der Waals surface area contributed by atoms with Crippen molar-refractivity contribution in [1.29, 1.82) is 0 Å². The quantitative estimate of drug-likeness (QED) is 0.813. The Balaban J connectivity index is 1.77. The number of nitrogens with zero attached hydrogens (tertiary/aromatic N) is 2. The minimum Gasteiger partial charge on any atom is -0.465 e. The SMILES string of the molecule is CC1CN(c2ccc(N)c(C3CC3)c2)CCN1C(=O)O. The predicted molar refractivity (Wildman–Crippen MR) is 79.2 cm³/mol. The maximum atomic E-state index is 11.1. The molecule has 1 saturated carbocycles. The molecule has 1 atom stereocenters. The van der Waals surface area contributed by atoms with Crippen LogP contribution in [0.5, 0.6) is 0 Å². The van der Waals surface area contributed by atoms with Crippen LogP contribution in [0, 0.1) is 0 Å². The van der Waals surface area contributed by atoms with Gasteiger partial charge in [-0.3, -0.25) is 0 Å². The number of nitrogen functional groups attached to an aromatic ring is 1. The van der Waals surface area contributed by atoms with Crippen LogP contribution in [0.1, 0.15) is 31.2 Å². The summed E-state index contributed by atoms with van der Waals surface area (Å²) < 4.78 is 0. The van der Waals surface area contributed by atoms with Crippen molar-refractivity contribution in [2.75, 3.05) is 30.3 Å². The van der Waals surface area contributed by atoms with E-state index >= 15 is 0 Å². The summed E-state index contributed by atoms with van der Waals surface area (Å²) in [6.45, 7) is 3.99. The molecular weight excluding hydrogens is 254 g/mol. The van der Waals surface area contributed by atoms with E-state index in [2.05, 4.69) is 11.0 Å². The van der Waals surface area contributed by atoms with E-state index in [9.17, 15) is 4.79 Å². The number of anilines is 2. The number of benzene rings is 1. The molecule has 0 spiro atoms. The second kappa shape index (κ2) is 4.89. The van der Waals surface area contributed by atoms with Crippen LogP contribution < -0.4 is 10.6 Å². The van der Waals surface area contributed by atoms with Gasteiger partial charge in [0.1, 0.15) is 0 Å². The maximum absolute atomic E-state index is 11.1. The Hall–Kier alpha value is -1.91. The summed E-state index contributed by atoms with van der Waals surface area (Å²) in [6, 6.07) is 6.24. The average Bonchev–Trinajstić information content (AvgIpc) is 3.23. The van der Waals surface area contributed by atoms with Gasteiger partial charge in [0, 0.05) is 37.1 Å². The fourth-order valence-corrected chi connectivity index (χ4v) is 2.98. The molecule has 5 heteroatoms. The van der Waals surface area contributed by atoms with Gasteiger partial charge in [-0.1, -0.05) is 0 Å². The standard InChI is InChI=1S/C15H21N3O2/c1-10-9-17(6-7-18(10)15(19)20)12-4-5-14(16)13(8-12)11-2-3-11/h4-5,8,10-11H,2-3,6-7,9,16H2,1H3,(H,19,20). The van der Waals surface area contributed by atoms with Gasteiger partial charge in [0.05, 0.1) is 0 Å². The average molecular weight is 275 g/mol. The number of piperazine rings is 1. The van der Waals surface area contributed by atoms with Crippen molar-refractivity contribution in [3.8, 4) is 0 Å². The van der Waals surface area contributed by atoms with Gasteiger partial charge >= 0.3 is 6.09 Å². The fourth-order valence-electron chi connectivity index (χ4n) is 2.98. The highest BCUT2D eigenvalue weighted by Gasteiger charge is 2.29. The number of nitrogens with two attached hydrogens (primary N) is 1. The summed E-state index contributed by atoms with van der Waals surface area (Å²) in [6.07, 6.45) is 1.64. The Kier molecular flexibility index (Phi) is 3.20. The van der Waals surface area contributed by atoms with Crippen molar-refractivity contribution in [2.45, 2.75) is 31.7 Å². The van der Waals surface area contributed by atoms with Crippen molar-refractivity contribution in [2.24, 2.45) is 0 Å². The van der Waals surface area contributed by atoms with Crippen LogP contribution in [-0.4, -0.2) is 41.8 Å². The van der Waals surface area contributed by atoms with E-state index in [0.29, 0.717) is 12.5 Å². The van der Waals surface area contributed by atoms with Gasteiger partial charge in [-0.05, 0) is 49.4 Å². The van der Waals surface area contributed by atoms with E-state index in [4.69, 9.17) is 10.8 Å². The lowest BCUT2D eigenvalue weighted by Crippen LogP contribution is -2.53. The maximum Gasteiger partial charge on any atom is 0.407 e. The van der Waals surface area contributed by atoms with Gasteiger partial charge in [0.2, 0.25) is 0 Å². The molecule has 108 valence electrons. The molecule has 1 aromatic carbocycles. The minimum absolute atomic E-state index is 0.0168. The summed E-state index contributed by atoms with van der Waals surface area (Å²) >= 11 is 0. The Labute approximate surface area is 119 Å². The molecule has 1 heterocycles. The lowest BCUT2D eigenvalue weighted by Gasteiger charge is -2.39. The lowest BCUT2D eigenvalue weighted by molar-refractivity contribution is 0.122. The zero-order chi connectivity index (χ0) is 14.3. The first-order chi connectivity index (χ1) is 9.56. The molecular formula is C15H21N3O2. The van der Waals surface area contributed by atoms with E-state index < -0.39 is 6.09 Å². The molecule has 1 amide bonds. The van der Waals surface area contributed by atoms with Crippen LogP contribution in [0.2, 0.25) is 0 Å². The molecule has 20 heavy (non-hydrogen) atoms. The van der Waals surface area contributed by atoms with Crippen molar-refractivity contribution < 1.29 is 9.90 Å². The van der Waals surface area contributed by atoms with E-state index in [1.807, 2.05) is 19.1 Å². The third-order valence-corrected chi connectivity index (χ3v) is 4.33.